The van der Waals surface area contributed by atoms with E-state index in [9.17, 15) is 27.6 Å². The standard InChI is InChI=1S/C30H39N5O9S/c1-5-18-11-30(18,27(38)33-45(40,41)20-6-7-20)32-25(36)21-10-19(14-35(21)26(37)24(31)29(2,3)4)44-28(39)34-12-16-8-22-23(43-15-42-22)9-17(16)13-34/h5,8-9,18-21,24H,1,6-7,10-15,31H2,2-4H3,(H,32,36)(H,33,38)/t18-,19+,21?,24+,30-/m0/s1. The largest absolute Gasteiger partial charge is 0.454 e. The van der Waals surface area contributed by atoms with E-state index in [2.05, 4.69) is 16.6 Å². The van der Waals surface area contributed by atoms with E-state index in [0.29, 0.717) is 37.4 Å². The van der Waals surface area contributed by atoms with Gasteiger partial charge in [-0.3, -0.25) is 24.0 Å². The second kappa shape index (κ2) is 10.9. The van der Waals surface area contributed by atoms with Crippen LogP contribution in [0.5, 0.6) is 11.5 Å². The maximum atomic E-state index is 13.8. The van der Waals surface area contributed by atoms with Gasteiger partial charge in [-0.25, -0.2) is 13.2 Å². The molecule has 3 aliphatic heterocycles. The van der Waals surface area contributed by atoms with Crippen LogP contribution in [-0.2, 0) is 42.2 Å². The predicted molar refractivity (Wildman–Crippen MR) is 159 cm³/mol. The molecule has 15 heteroatoms. The molecule has 3 fully saturated rings. The van der Waals surface area contributed by atoms with Gasteiger partial charge in [0.15, 0.2) is 11.5 Å². The summed E-state index contributed by atoms with van der Waals surface area (Å²) in [7, 11) is -3.86. The number of likely N-dealkylation sites (tertiary alicyclic amines) is 1. The van der Waals surface area contributed by atoms with Gasteiger partial charge < -0.3 is 30.2 Å². The third kappa shape index (κ3) is 5.83. The van der Waals surface area contributed by atoms with Crippen LogP contribution in [0.25, 0.3) is 0 Å². The first-order valence-electron chi connectivity index (χ1n) is 15.1. The van der Waals surface area contributed by atoms with E-state index in [1.54, 1.807) is 20.8 Å². The zero-order chi connectivity index (χ0) is 32.5. The molecule has 4 N–H and O–H groups in total. The zero-order valence-corrected chi connectivity index (χ0v) is 26.4. The molecule has 244 valence electrons. The molecule has 1 aromatic carbocycles. The highest BCUT2D eigenvalue weighted by molar-refractivity contribution is 7.91. The van der Waals surface area contributed by atoms with Crippen molar-refractivity contribution in [1.29, 1.82) is 0 Å². The van der Waals surface area contributed by atoms with Crippen molar-refractivity contribution in [3.05, 3.63) is 35.9 Å². The van der Waals surface area contributed by atoms with E-state index in [4.69, 9.17) is 19.9 Å². The molecule has 1 unspecified atom stereocenters. The number of fused-ring (bicyclic) bond motifs is 2. The van der Waals surface area contributed by atoms with Gasteiger partial charge in [-0.05, 0) is 47.9 Å². The molecule has 0 spiro atoms. The molecule has 3 heterocycles. The minimum atomic E-state index is -3.86. The molecule has 2 saturated carbocycles. The molecule has 1 saturated heterocycles. The summed E-state index contributed by atoms with van der Waals surface area (Å²) < 4.78 is 43.8. The Morgan fingerprint density at radius 3 is 2.29 bits per heavy atom. The van der Waals surface area contributed by atoms with Crippen molar-refractivity contribution in [2.75, 3.05) is 13.3 Å². The smallest absolute Gasteiger partial charge is 0.410 e. The van der Waals surface area contributed by atoms with Gasteiger partial charge in [0.2, 0.25) is 28.6 Å². The Hall–Kier alpha value is -3.85. The second-order valence-electron chi connectivity index (χ2n) is 13.6. The van der Waals surface area contributed by atoms with Crippen molar-refractivity contribution in [3.63, 3.8) is 0 Å². The Kier molecular flexibility index (Phi) is 7.54. The Morgan fingerprint density at radius 1 is 1.13 bits per heavy atom. The van der Waals surface area contributed by atoms with Gasteiger partial charge in [-0.2, -0.15) is 0 Å². The minimum absolute atomic E-state index is 0.0340. The monoisotopic (exact) mass is 645 g/mol. The average Bonchev–Trinajstić information content (AvgIpc) is 3.80. The minimum Gasteiger partial charge on any atom is -0.454 e. The van der Waals surface area contributed by atoms with Gasteiger partial charge in [0.25, 0.3) is 5.91 Å². The highest BCUT2D eigenvalue weighted by Crippen LogP contribution is 2.45. The summed E-state index contributed by atoms with van der Waals surface area (Å²) in [5, 5.41) is 2.09. The van der Waals surface area contributed by atoms with Crippen molar-refractivity contribution in [3.8, 4) is 11.5 Å². The lowest BCUT2D eigenvalue weighted by Crippen LogP contribution is -2.59. The summed E-state index contributed by atoms with van der Waals surface area (Å²) in [6.07, 6.45) is 1.10. The Balaban J connectivity index is 1.17. The van der Waals surface area contributed by atoms with E-state index in [1.165, 1.54) is 15.9 Å². The second-order valence-corrected chi connectivity index (χ2v) is 15.6. The van der Waals surface area contributed by atoms with E-state index in [1.807, 2.05) is 12.1 Å². The van der Waals surface area contributed by atoms with Crippen molar-refractivity contribution >= 4 is 33.8 Å². The number of hydrogen-bond donors (Lipinski definition) is 3. The molecular formula is C30H39N5O9S. The molecule has 6 rings (SSSR count). The van der Waals surface area contributed by atoms with Gasteiger partial charge in [0, 0.05) is 25.4 Å². The Bertz CT molecular complexity index is 1540. The summed E-state index contributed by atoms with van der Waals surface area (Å²) in [5.41, 5.74) is 5.95. The third-order valence-corrected chi connectivity index (χ3v) is 11.1. The van der Waals surface area contributed by atoms with Gasteiger partial charge in [0.05, 0.1) is 17.8 Å². The maximum Gasteiger partial charge on any atom is 0.410 e. The summed E-state index contributed by atoms with van der Waals surface area (Å²) in [5.74, 6) is -1.29. The fraction of sp³-hybridized carbons (Fsp3) is 0.600. The maximum absolute atomic E-state index is 13.8. The van der Waals surface area contributed by atoms with Crippen LogP contribution in [0.1, 0.15) is 57.6 Å². The normalized spacial score (nSPS) is 27.4. The highest BCUT2D eigenvalue weighted by Gasteiger charge is 2.62. The number of carbonyl (C=O) groups is 4. The lowest BCUT2D eigenvalue weighted by atomic mass is 9.86. The van der Waals surface area contributed by atoms with Crippen LogP contribution in [-0.4, -0.2) is 84.3 Å². The molecule has 45 heavy (non-hydrogen) atoms. The number of rotatable bonds is 8. The Morgan fingerprint density at radius 2 is 1.76 bits per heavy atom. The molecule has 0 aromatic heterocycles. The molecule has 1 aromatic rings. The first kappa shape index (κ1) is 31.1. The number of ether oxygens (including phenoxy) is 3. The summed E-state index contributed by atoms with van der Waals surface area (Å²) >= 11 is 0. The van der Waals surface area contributed by atoms with E-state index in [0.717, 1.165) is 11.1 Å². The molecule has 0 bridgehead atoms. The number of nitrogens with one attached hydrogen (secondary N) is 2. The van der Waals surface area contributed by atoms with Crippen LogP contribution in [0.3, 0.4) is 0 Å². The topological polar surface area (TPSA) is 187 Å². The van der Waals surface area contributed by atoms with Crippen molar-refractivity contribution in [2.45, 2.75) is 88.5 Å². The molecule has 5 atom stereocenters. The number of benzene rings is 1. The van der Waals surface area contributed by atoms with Gasteiger partial charge >= 0.3 is 6.09 Å². The number of amides is 4. The number of carbonyl (C=O) groups excluding carboxylic acids is 4. The van der Waals surface area contributed by atoms with E-state index < -0.39 is 74.1 Å². The van der Waals surface area contributed by atoms with Gasteiger partial charge in [-0.15, -0.1) is 6.58 Å². The summed E-state index contributed by atoms with van der Waals surface area (Å²) in [4.78, 5) is 56.7. The highest BCUT2D eigenvalue weighted by atomic mass is 32.2. The lowest BCUT2D eigenvalue weighted by molar-refractivity contribution is -0.142. The SMILES string of the molecule is C=C[C@H]1C[C@@]1(NC(=O)C1C[C@@H](OC(=O)N2Cc3cc4c(cc3C2)OCO4)CN1C(=O)[C@@H](N)C(C)(C)C)C(=O)NS(=O)(=O)C1CC1. The van der Waals surface area contributed by atoms with Crippen molar-refractivity contribution in [2.24, 2.45) is 17.1 Å². The van der Waals surface area contributed by atoms with Crippen LogP contribution < -0.4 is 25.2 Å². The third-order valence-electron chi connectivity index (χ3n) is 9.24. The summed E-state index contributed by atoms with van der Waals surface area (Å²) in [6.45, 7) is 9.77. The predicted octanol–water partition coefficient (Wildman–Crippen LogP) is 0.880. The fourth-order valence-electron chi connectivity index (χ4n) is 6.08. The van der Waals surface area contributed by atoms with Crippen LogP contribution in [0, 0.1) is 11.3 Å². The fourth-order valence-corrected chi connectivity index (χ4v) is 7.44. The van der Waals surface area contributed by atoms with Crippen LogP contribution in [0.15, 0.2) is 24.8 Å². The summed E-state index contributed by atoms with van der Waals surface area (Å²) in [6, 6.07) is 1.59. The van der Waals surface area contributed by atoms with Crippen LogP contribution in [0.2, 0.25) is 0 Å². The molecular weight excluding hydrogens is 606 g/mol. The lowest BCUT2D eigenvalue weighted by Gasteiger charge is -2.33. The quantitative estimate of drug-likeness (QED) is 0.343. The molecule has 0 radical (unpaired) electrons. The molecule has 4 amide bonds. The zero-order valence-electron chi connectivity index (χ0n) is 25.5. The van der Waals surface area contributed by atoms with Gasteiger partial charge in [-0.1, -0.05) is 26.8 Å². The number of nitrogens with zero attached hydrogens (tertiary/aromatic N) is 2. The number of sulfonamides is 1. The number of hydrogen-bond acceptors (Lipinski definition) is 10. The van der Waals surface area contributed by atoms with Crippen LogP contribution in [0.4, 0.5) is 4.79 Å². The van der Waals surface area contributed by atoms with Crippen LogP contribution >= 0.6 is 0 Å². The van der Waals surface area contributed by atoms with Crippen molar-refractivity contribution in [1.82, 2.24) is 19.8 Å². The molecule has 14 nitrogen and oxygen atoms in total. The Labute approximate surface area is 261 Å². The van der Waals surface area contributed by atoms with Crippen molar-refractivity contribution < 1.29 is 41.8 Å². The van der Waals surface area contributed by atoms with Gasteiger partial charge in [0.1, 0.15) is 17.7 Å². The molecule has 2 aliphatic carbocycles. The number of nitrogens with two attached hydrogens (primary N) is 1. The molecule has 5 aliphatic rings. The average molecular weight is 646 g/mol. The first-order chi connectivity index (χ1) is 21.1. The van der Waals surface area contributed by atoms with E-state index in [-0.39, 0.29) is 26.2 Å². The first-order valence-corrected chi connectivity index (χ1v) is 16.6. The van der Waals surface area contributed by atoms with E-state index >= 15 is 0 Å².